The Bertz CT molecular complexity index is 176. The van der Waals surface area contributed by atoms with Gasteiger partial charge in [-0.3, -0.25) is 4.79 Å². The zero-order valence-corrected chi connectivity index (χ0v) is 9.23. The lowest BCUT2D eigenvalue weighted by Crippen LogP contribution is -2.37. The number of carbonyl (C=O) groups excluding carboxylic acids is 1. The zero-order chi connectivity index (χ0) is 11.1. The molecule has 84 valence electrons. The SMILES string of the molecule is CC(C)CC(=O)N(CCCl)CC(F)F. The first-order valence-electron chi connectivity index (χ1n) is 4.59. The van der Waals surface area contributed by atoms with Crippen molar-refractivity contribution in [3.8, 4) is 0 Å². The molecule has 0 aliphatic heterocycles. The maximum absolute atomic E-state index is 12.1. The Morgan fingerprint density at radius 3 is 2.36 bits per heavy atom. The van der Waals surface area contributed by atoms with Crippen LogP contribution >= 0.6 is 11.6 Å². The molecule has 0 unspecified atom stereocenters. The third-order valence-electron chi connectivity index (χ3n) is 1.65. The lowest BCUT2D eigenvalue weighted by molar-refractivity contribution is -0.133. The normalized spacial score (nSPS) is 11.1. The Morgan fingerprint density at radius 2 is 2.00 bits per heavy atom. The minimum absolute atomic E-state index is 0.179. The topological polar surface area (TPSA) is 20.3 Å². The van der Waals surface area contributed by atoms with Crippen LogP contribution in [0, 0.1) is 5.92 Å². The second-order valence-electron chi connectivity index (χ2n) is 3.52. The molecule has 0 aromatic heterocycles. The molecule has 0 aliphatic rings. The number of carbonyl (C=O) groups is 1. The van der Waals surface area contributed by atoms with Crippen LogP contribution in [0.3, 0.4) is 0 Å². The first-order chi connectivity index (χ1) is 6.47. The fraction of sp³-hybridized carbons (Fsp3) is 0.889. The zero-order valence-electron chi connectivity index (χ0n) is 8.47. The van der Waals surface area contributed by atoms with E-state index in [1.807, 2.05) is 13.8 Å². The van der Waals surface area contributed by atoms with Crippen LogP contribution in [0.2, 0.25) is 0 Å². The van der Waals surface area contributed by atoms with Gasteiger partial charge < -0.3 is 4.90 Å². The third-order valence-corrected chi connectivity index (χ3v) is 1.82. The first kappa shape index (κ1) is 13.6. The van der Waals surface area contributed by atoms with Crippen molar-refractivity contribution in [2.75, 3.05) is 19.0 Å². The maximum Gasteiger partial charge on any atom is 0.255 e. The molecule has 14 heavy (non-hydrogen) atoms. The summed E-state index contributed by atoms with van der Waals surface area (Å²) in [4.78, 5) is 12.5. The van der Waals surface area contributed by atoms with Gasteiger partial charge in [0.25, 0.3) is 6.43 Å². The Labute approximate surface area is 88.2 Å². The molecule has 0 aliphatic carbocycles. The van der Waals surface area contributed by atoms with Crippen LogP contribution in [0.5, 0.6) is 0 Å². The van der Waals surface area contributed by atoms with Crippen LogP contribution in [0.4, 0.5) is 8.78 Å². The van der Waals surface area contributed by atoms with E-state index in [1.165, 1.54) is 0 Å². The molecule has 0 saturated carbocycles. The Morgan fingerprint density at radius 1 is 1.43 bits per heavy atom. The average Bonchev–Trinajstić information content (AvgIpc) is 2.01. The van der Waals surface area contributed by atoms with Crippen LogP contribution in [-0.4, -0.2) is 36.2 Å². The molecule has 0 spiro atoms. The van der Waals surface area contributed by atoms with E-state index in [4.69, 9.17) is 11.6 Å². The highest BCUT2D eigenvalue weighted by Crippen LogP contribution is 2.06. The number of rotatable bonds is 6. The van der Waals surface area contributed by atoms with Crippen LogP contribution in [0.1, 0.15) is 20.3 Å². The van der Waals surface area contributed by atoms with Gasteiger partial charge in [-0.05, 0) is 5.92 Å². The van der Waals surface area contributed by atoms with Gasteiger partial charge in [-0.25, -0.2) is 8.78 Å². The minimum Gasteiger partial charge on any atom is -0.336 e. The van der Waals surface area contributed by atoms with Gasteiger partial charge in [-0.2, -0.15) is 0 Å². The third kappa shape index (κ3) is 6.13. The molecule has 0 fully saturated rings. The van der Waals surface area contributed by atoms with Crippen LogP contribution in [-0.2, 0) is 4.79 Å². The summed E-state index contributed by atoms with van der Waals surface area (Å²) in [5.41, 5.74) is 0. The molecule has 0 saturated heterocycles. The predicted octanol–water partition coefficient (Wildman–Crippen LogP) is 2.37. The van der Waals surface area contributed by atoms with E-state index in [1.54, 1.807) is 0 Å². The van der Waals surface area contributed by atoms with E-state index < -0.39 is 13.0 Å². The Kier molecular flexibility index (Phi) is 6.79. The summed E-state index contributed by atoms with van der Waals surface area (Å²) in [6, 6.07) is 0. The highest BCUT2D eigenvalue weighted by molar-refractivity contribution is 6.18. The fourth-order valence-corrected chi connectivity index (χ4v) is 1.27. The largest absolute Gasteiger partial charge is 0.336 e. The molecule has 2 nitrogen and oxygen atoms in total. The van der Waals surface area contributed by atoms with Gasteiger partial charge in [-0.1, -0.05) is 13.8 Å². The van der Waals surface area contributed by atoms with E-state index in [0.717, 1.165) is 4.90 Å². The van der Waals surface area contributed by atoms with Gasteiger partial charge >= 0.3 is 0 Å². The second-order valence-corrected chi connectivity index (χ2v) is 3.90. The summed E-state index contributed by atoms with van der Waals surface area (Å²) in [6.45, 7) is 3.42. The molecule has 0 bridgehead atoms. The summed E-state index contributed by atoms with van der Waals surface area (Å²) in [7, 11) is 0. The minimum atomic E-state index is -2.49. The van der Waals surface area contributed by atoms with Gasteiger partial charge in [0.15, 0.2) is 0 Å². The molecule has 0 aromatic carbocycles. The molecule has 5 heteroatoms. The van der Waals surface area contributed by atoms with Crippen molar-refractivity contribution >= 4 is 17.5 Å². The number of hydrogen-bond donors (Lipinski definition) is 0. The van der Waals surface area contributed by atoms with E-state index in [9.17, 15) is 13.6 Å². The van der Waals surface area contributed by atoms with Crippen molar-refractivity contribution in [3.05, 3.63) is 0 Å². The molecule has 0 radical (unpaired) electrons. The van der Waals surface area contributed by atoms with E-state index in [0.29, 0.717) is 6.42 Å². The number of halogens is 3. The van der Waals surface area contributed by atoms with Gasteiger partial charge in [-0.15, -0.1) is 11.6 Å². The summed E-state index contributed by atoms with van der Waals surface area (Å²) >= 11 is 5.42. The van der Waals surface area contributed by atoms with E-state index >= 15 is 0 Å². The van der Waals surface area contributed by atoms with Crippen LogP contribution in [0.15, 0.2) is 0 Å². The van der Waals surface area contributed by atoms with Crippen molar-refractivity contribution in [1.29, 1.82) is 0 Å². The molecule has 0 rings (SSSR count). The van der Waals surface area contributed by atoms with Gasteiger partial charge in [0.2, 0.25) is 5.91 Å². The number of alkyl halides is 3. The highest BCUT2D eigenvalue weighted by Gasteiger charge is 2.18. The molecular formula is C9H16ClF2NO. The van der Waals surface area contributed by atoms with Crippen molar-refractivity contribution in [2.24, 2.45) is 5.92 Å². The second kappa shape index (κ2) is 6.98. The predicted molar refractivity (Wildman–Crippen MR) is 52.8 cm³/mol. The van der Waals surface area contributed by atoms with Crippen molar-refractivity contribution in [1.82, 2.24) is 4.90 Å². The van der Waals surface area contributed by atoms with Gasteiger partial charge in [0, 0.05) is 18.8 Å². The fourth-order valence-electron chi connectivity index (χ4n) is 1.06. The van der Waals surface area contributed by atoms with Crippen molar-refractivity contribution in [2.45, 2.75) is 26.7 Å². The van der Waals surface area contributed by atoms with Gasteiger partial charge in [0.05, 0.1) is 6.54 Å². The average molecular weight is 228 g/mol. The Balaban J connectivity index is 4.10. The smallest absolute Gasteiger partial charge is 0.255 e. The van der Waals surface area contributed by atoms with Gasteiger partial charge in [0.1, 0.15) is 0 Å². The number of hydrogen-bond acceptors (Lipinski definition) is 1. The Hall–Kier alpha value is -0.380. The lowest BCUT2D eigenvalue weighted by atomic mass is 10.1. The lowest BCUT2D eigenvalue weighted by Gasteiger charge is -2.22. The summed E-state index contributed by atoms with van der Waals surface area (Å²) in [6.07, 6.45) is -2.20. The molecule has 0 aromatic rings. The summed E-state index contributed by atoms with van der Waals surface area (Å²) < 4.78 is 24.1. The summed E-state index contributed by atoms with van der Waals surface area (Å²) in [5, 5.41) is 0. The first-order valence-corrected chi connectivity index (χ1v) is 5.12. The standard InChI is InChI=1S/C9H16ClF2NO/c1-7(2)5-9(14)13(4-3-10)6-8(11)12/h7-8H,3-6H2,1-2H3. The van der Waals surface area contributed by atoms with Crippen molar-refractivity contribution < 1.29 is 13.6 Å². The summed E-state index contributed by atoms with van der Waals surface area (Å²) in [5.74, 6) is 0.121. The van der Waals surface area contributed by atoms with E-state index in [-0.39, 0.29) is 24.2 Å². The molecule has 0 heterocycles. The number of nitrogens with zero attached hydrogens (tertiary/aromatic N) is 1. The molecule has 0 N–H and O–H groups in total. The quantitative estimate of drug-likeness (QED) is 0.638. The van der Waals surface area contributed by atoms with Crippen molar-refractivity contribution in [3.63, 3.8) is 0 Å². The molecular weight excluding hydrogens is 212 g/mol. The number of amides is 1. The van der Waals surface area contributed by atoms with Crippen LogP contribution in [0.25, 0.3) is 0 Å². The monoisotopic (exact) mass is 227 g/mol. The molecule has 1 amide bonds. The molecule has 0 atom stereocenters. The van der Waals surface area contributed by atoms with Crippen LogP contribution < -0.4 is 0 Å². The highest BCUT2D eigenvalue weighted by atomic mass is 35.5. The van der Waals surface area contributed by atoms with E-state index in [2.05, 4.69) is 0 Å². The maximum atomic E-state index is 12.1.